The fourth-order valence-electron chi connectivity index (χ4n) is 0.460. The van der Waals surface area contributed by atoms with Gasteiger partial charge in [0.15, 0.2) is 0 Å². The van der Waals surface area contributed by atoms with Gasteiger partial charge in [-0.05, 0) is 6.42 Å². The summed E-state index contributed by atoms with van der Waals surface area (Å²) in [7, 11) is -2.42. The van der Waals surface area contributed by atoms with Crippen molar-refractivity contribution in [1.82, 2.24) is 0 Å². The number of Topliss-reactive ketones (excluding diaryl/α,β-unsaturated/α-hetero) is 1. The molecule has 0 aromatic rings. The maximum atomic E-state index is 10.5. The SMILES string of the molecule is CC(=O)C(=O)OCCCP(=O)=O. The molecule has 0 radical (unpaired) electrons. The Labute approximate surface area is 69.9 Å². The molecule has 0 aliphatic rings. The van der Waals surface area contributed by atoms with Crippen molar-refractivity contribution < 1.29 is 23.5 Å². The van der Waals surface area contributed by atoms with E-state index in [1.807, 2.05) is 0 Å². The van der Waals surface area contributed by atoms with Gasteiger partial charge in [0, 0.05) is 6.92 Å². The topological polar surface area (TPSA) is 77.5 Å². The average Bonchev–Trinajstić information content (AvgIpc) is 1.97. The summed E-state index contributed by atoms with van der Waals surface area (Å²) in [6.07, 6.45) is 0.207. The number of rotatable bonds is 5. The monoisotopic (exact) mass is 192 g/mol. The highest BCUT2D eigenvalue weighted by Gasteiger charge is 2.07. The first-order valence-electron chi connectivity index (χ1n) is 3.33. The molecule has 0 unspecified atom stereocenters. The molecule has 0 saturated carbocycles. The number of carbonyl (C=O) groups is 2. The minimum absolute atomic E-state index is 0.0261. The van der Waals surface area contributed by atoms with Crippen LogP contribution in [0.1, 0.15) is 13.3 Å². The van der Waals surface area contributed by atoms with E-state index in [0.29, 0.717) is 0 Å². The second kappa shape index (κ2) is 5.66. The van der Waals surface area contributed by atoms with Crippen LogP contribution < -0.4 is 0 Å². The Morgan fingerprint density at radius 3 is 2.33 bits per heavy atom. The normalized spacial score (nSPS) is 9.08. The molecular formula is C6H9O5P. The molecule has 5 nitrogen and oxygen atoms in total. The van der Waals surface area contributed by atoms with E-state index in [1.165, 1.54) is 0 Å². The number of hydrogen-bond acceptors (Lipinski definition) is 5. The number of ether oxygens (including phenoxy) is 1. The van der Waals surface area contributed by atoms with Crippen molar-refractivity contribution in [2.75, 3.05) is 12.8 Å². The molecule has 6 heteroatoms. The molecule has 0 bridgehead atoms. The lowest BCUT2D eigenvalue weighted by molar-refractivity contribution is -0.152. The first-order chi connectivity index (χ1) is 5.54. The molecule has 0 aromatic heterocycles. The van der Waals surface area contributed by atoms with Crippen LogP contribution in [0.4, 0.5) is 0 Å². The zero-order valence-electron chi connectivity index (χ0n) is 6.61. The third-order valence-corrected chi connectivity index (χ3v) is 1.69. The highest BCUT2D eigenvalue weighted by atomic mass is 31.1. The van der Waals surface area contributed by atoms with Gasteiger partial charge in [0.25, 0.3) is 0 Å². The van der Waals surface area contributed by atoms with E-state index in [9.17, 15) is 18.7 Å². The summed E-state index contributed by atoms with van der Waals surface area (Å²) >= 11 is 0. The largest absolute Gasteiger partial charge is 0.460 e. The Hall–Kier alpha value is -0.960. The first-order valence-corrected chi connectivity index (χ1v) is 4.70. The van der Waals surface area contributed by atoms with E-state index < -0.39 is 19.4 Å². The Balaban J connectivity index is 3.44. The Bertz CT molecular complexity index is 234. The molecule has 12 heavy (non-hydrogen) atoms. The zero-order valence-corrected chi connectivity index (χ0v) is 7.50. The second-order valence-corrected chi connectivity index (χ2v) is 3.21. The predicted octanol–water partition coefficient (Wildman–Crippen LogP) is 0.682. The van der Waals surface area contributed by atoms with E-state index >= 15 is 0 Å². The van der Waals surface area contributed by atoms with Gasteiger partial charge in [-0.1, -0.05) is 0 Å². The number of ketones is 1. The van der Waals surface area contributed by atoms with Crippen LogP contribution in [0, 0.1) is 0 Å². The van der Waals surface area contributed by atoms with E-state index in [1.54, 1.807) is 0 Å². The van der Waals surface area contributed by atoms with Crippen molar-refractivity contribution in [3.8, 4) is 0 Å². The van der Waals surface area contributed by atoms with Crippen molar-refractivity contribution in [2.45, 2.75) is 13.3 Å². The lowest BCUT2D eigenvalue weighted by atomic mass is 10.4. The van der Waals surface area contributed by atoms with Crippen molar-refractivity contribution in [3.63, 3.8) is 0 Å². The third-order valence-electron chi connectivity index (χ3n) is 1.01. The van der Waals surface area contributed by atoms with Gasteiger partial charge in [-0.3, -0.25) is 4.79 Å². The summed E-state index contributed by atoms with van der Waals surface area (Å²) in [5.74, 6) is -1.60. The summed E-state index contributed by atoms with van der Waals surface area (Å²) in [5, 5.41) is 0. The van der Waals surface area contributed by atoms with Gasteiger partial charge in [0.05, 0.1) is 12.8 Å². The Morgan fingerprint density at radius 1 is 1.33 bits per heavy atom. The lowest BCUT2D eigenvalue weighted by Gasteiger charge is -1.97. The molecule has 0 N–H and O–H groups in total. The van der Waals surface area contributed by atoms with Crippen LogP contribution in [0.5, 0.6) is 0 Å². The van der Waals surface area contributed by atoms with Gasteiger partial charge >= 0.3 is 13.6 Å². The molecule has 0 aliphatic carbocycles. The van der Waals surface area contributed by atoms with E-state index in [2.05, 4.69) is 4.74 Å². The Morgan fingerprint density at radius 2 is 1.92 bits per heavy atom. The molecule has 0 rings (SSSR count). The molecule has 0 heterocycles. The van der Waals surface area contributed by atoms with Crippen LogP contribution in [0.15, 0.2) is 0 Å². The molecule has 0 amide bonds. The number of carbonyl (C=O) groups excluding carboxylic acids is 2. The highest BCUT2D eigenvalue weighted by molar-refractivity contribution is 7.30. The quantitative estimate of drug-likeness (QED) is 0.277. The average molecular weight is 192 g/mol. The van der Waals surface area contributed by atoms with Gasteiger partial charge < -0.3 is 4.74 Å². The van der Waals surface area contributed by atoms with Crippen molar-refractivity contribution in [2.24, 2.45) is 0 Å². The van der Waals surface area contributed by atoms with E-state index in [-0.39, 0.29) is 19.2 Å². The van der Waals surface area contributed by atoms with Gasteiger partial charge in [-0.25, -0.2) is 13.9 Å². The van der Waals surface area contributed by atoms with Crippen molar-refractivity contribution >= 4 is 19.4 Å². The summed E-state index contributed by atoms with van der Waals surface area (Å²) in [5.41, 5.74) is 0. The first kappa shape index (κ1) is 11.0. The molecule has 0 aromatic carbocycles. The number of esters is 1. The molecule has 0 spiro atoms. The molecule has 0 fully saturated rings. The van der Waals surface area contributed by atoms with Crippen LogP contribution >= 0.6 is 7.68 Å². The van der Waals surface area contributed by atoms with Crippen LogP contribution in [-0.4, -0.2) is 24.5 Å². The molecule has 68 valence electrons. The van der Waals surface area contributed by atoms with Gasteiger partial charge in [0.2, 0.25) is 5.78 Å². The van der Waals surface area contributed by atoms with Gasteiger partial charge in [-0.2, -0.15) is 0 Å². The third kappa shape index (κ3) is 5.80. The zero-order chi connectivity index (χ0) is 9.56. The fraction of sp³-hybridized carbons (Fsp3) is 0.667. The van der Waals surface area contributed by atoms with Crippen LogP contribution in [0.3, 0.4) is 0 Å². The summed E-state index contributed by atoms with van der Waals surface area (Å²) in [6.45, 7) is 1.07. The smallest absolute Gasteiger partial charge is 0.374 e. The molecule has 0 aliphatic heterocycles. The summed E-state index contributed by atoms with van der Waals surface area (Å²) in [6, 6.07) is 0. The summed E-state index contributed by atoms with van der Waals surface area (Å²) < 4.78 is 24.4. The second-order valence-electron chi connectivity index (χ2n) is 2.10. The van der Waals surface area contributed by atoms with Crippen molar-refractivity contribution in [1.29, 1.82) is 0 Å². The van der Waals surface area contributed by atoms with Crippen LogP contribution in [0.2, 0.25) is 0 Å². The molecular weight excluding hydrogens is 183 g/mol. The fourth-order valence-corrected chi connectivity index (χ4v) is 0.847. The van der Waals surface area contributed by atoms with Gasteiger partial charge in [0.1, 0.15) is 0 Å². The predicted molar refractivity (Wildman–Crippen MR) is 39.4 cm³/mol. The minimum atomic E-state index is -2.42. The van der Waals surface area contributed by atoms with Crippen LogP contribution in [0.25, 0.3) is 0 Å². The van der Waals surface area contributed by atoms with Gasteiger partial charge in [-0.15, -0.1) is 0 Å². The standard InChI is InChI=1S/C6H9O5P/c1-5(7)6(8)11-3-2-4-12(9)10/h2-4H2,1H3. The maximum absolute atomic E-state index is 10.5. The summed E-state index contributed by atoms with van der Waals surface area (Å²) in [4.78, 5) is 20.7. The Kier molecular flexibility index (Phi) is 5.21. The highest BCUT2D eigenvalue weighted by Crippen LogP contribution is 2.03. The van der Waals surface area contributed by atoms with Crippen LogP contribution in [-0.2, 0) is 23.5 Å². The molecule has 0 atom stereocenters. The molecule has 0 saturated heterocycles. The maximum Gasteiger partial charge on any atom is 0.374 e. The number of hydrogen-bond donors (Lipinski definition) is 0. The lowest BCUT2D eigenvalue weighted by Crippen LogP contribution is -2.14. The minimum Gasteiger partial charge on any atom is -0.460 e. The van der Waals surface area contributed by atoms with E-state index in [4.69, 9.17) is 0 Å². The van der Waals surface area contributed by atoms with Crippen molar-refractivity contribution in [3.05, 3.63) is 0 Å². The van der Waals surface area contributed by atoms with E-state index in [0.717, 1.165) is 6.92 Å².